The second-order valence-electron chi connectivity index (χ2n) is 6.45. The second kappa shape index (κ2) is 9.88. The lowest BCUT2D eigenvalue weighted by atomic mass is 10.2. The first kappa shape index (κ1) is 22.7. The summed E-state index contributed by atoms with van der Waals surface area (Å²) in [4.78, 5) is 24.3. The van der Waals surface area contributed by atoms with E-state index in [0.717, 1.165) is 41.2 Å². The third-order valence-corrected chi connectivity index (χ3v) is 5.46. The van der Waals surface area contributed by atoms with Gasteiger partial charge < -0.3 is 10.1 Å². The molecule has 7 nitrogen and oxygen atoms in total. The summed E-state index contributed by atoms with van der Waals surface area (Å²) in [6.07, 6.45) is 0.266. The maximum atomic E-state index is 13.6. The van der Waals surface area contributed by atoms with E-state index in [0.29, 0.717) is 10.2 Å². The predicted octanol–water partition coefficient (Wildman–Crippen LogP) is 4.17. The third-order valence-electron chi connectivity index (χ3n) is 4.13. The lowest BCUT2D eigenvalue weighted by molar-refractivity contribution is -0.150. The Morgan fingerprint density at radius 3 is 2.77 bits per heavy atom. The van der Waals surface area contributed by atoms with Gasteiger partial charge in [-0.2, -0.15) is 0 Å². The highest BCUT2D eigenvalue weighted by molar-refractivity contribution is 7.99. The van der Waals surface area contributed by atoms with Crippen molar-refractivity contribution >= 4 is 40.9 Å². The number of carbonyl (C=O) groups excluding carboxylic acids is 2. The summed E-state index contributed by atoms with van der Waals surface area (Å²) in [5.41, 5.74) is 1.30. The van der Waals surface area contributed by atoms with Gasteiger partial charge in [0.25, 0.3) is 5.91 Å². The van der Waals surface area contributed by atoms with Gasteiger partial charge in [0.2, 0.25) is 0 Å². The summed E-state index contributed by atoms with van der Waals surface area (Å²) < 4.78 is 33.6. The number of aryl methyl sites for hydroxylation is 1. The molecule has 3 rings (SSSR count). The first-order valence-electron chi connectivity index (χ1n) is 8.99. The largest absolute Gasteiger partial charge is 0.452 e. The molecule has 0 fully saturated rings. The number of esters is 1. The zero-order chi connectivity index (χ0) is 22.5. The SMILES string of the molecule is Cc1ccc(-n2cnnc2SCC(=O)OC(C)C(=O)Nc2cc(F)ccc2F)cc1Cl. The lowest BCUT2D eigenvalue weighted by Crippen LogP contribution is -2.30. The molecule has 11 heteroatoms. The molecule has 0 aliphatic rings. The Hall–Kier alpha value is -2.98. The lowest BCUT2D eigenvalue weighted by Gasteiger charge is -2.14. The van der Waals surface area contributed by atoms with Gasteiger partial charge in [-0.15, -0.1) is 10.2 Å². The number of ether oxygens (including phenoxy) is 1. The van der Waals surface area contributed by atoms with Crippen molar-refractivity contribution in [3.8, 4) is 5.69 Å². The normalized spacial score (nSPS) is 11.8. The topological polar surface area (TPSA) is 86.1 Å². The van der Waals surface area contributed by atoms with Gasteiger partial charge in [0, 0.05) is 11.1 Å². The quantitative estimate of drug-likeness (QED) is 0.415. The van der Waals surface area contributed by atoms with Gasteiger partial charge in [-0.3, -0.25) is 14.2 Å². The number of anilines is 1. The molecule has 1 atom stereocenters. The summed E-state index contributed by atoms with van der Waals surface area (Å²) in [5, 5.41) is 11.0. The number of thioether (sulfide) groups is 1. The molecule has 1 heterocycles. The van der Waals surface area contributed by atoms with Crippen molar-refractivity contribution in [1.29, 1.82) is 0 Å². The van der Waals surface area contributed by atoms with E-state index in [1.807, 2.05) is 19.1 Å². The van der Waals surface area contributed by atoms with Crippen LogP contribution in [-0.4, -0.2) is 38.5 Å². The van der Waals surface area contributed by atoms with Crippen LogP contribution < -0.4 is 5.32 Å². The number of halogens is 3. The Kier molecular flexibility index (Phi) is 7.24. The molecule has 0 saturated heterocycles. The number of rotatable bonds is 7. The molecule has 0 aliphatic carbocycles. The third kappa shape index (κ3) is 5.80. The van der Waals surface area contributed by atoms with Gasteiger partial charge in [0.15, 0.2) is 11.3 Å². The van der Waals surface area contributed by atoms with Crippen molar-refractivity contribution in [3.05, 3.63) is 64.9 Å². The summed E-state index contributed by atoms with van der Waals surface area (Å²) in [6, 6.07) is 8.08. The standard InChI is InChI=1S/C20H17ClF2N4O3S/c1-11-3-5-14(8-15(11)21)27-10-24-26-20(27)31-9-18(28)30-12(2)19(29)25-17-7-13(22)4-6-16(17)23/h3-8,10,12H,9H2,1-2H3,(H,25,29). The van der Waals surface area contributed by atoms with Gasteiger partial charge >= 0.3 is 5.97 Å². The van der Waals surface area contributed by atoms with Crippen LogP contribution >= 0.6 is 23.4 Å². The minimum absolute atomic E-state index is 0.149. The molecule has 0 radical (unpaired) electrons. The molecule has 0 aliphatic heterocycles. The van der Waals surface area contributed by atoms with Crippen LogP contribution in [0.4, 0.5) is 14.5 Å². The van der Waals surface area contributed by atoms with Crippen LogP contribution in [0, 0.1) is 18.6 Å². The molecule has 0 spiro atoms. The number of benzene rings is 2. The van der Waals surface area contributed by atoms with Crippen LogP contribution in [0.3, 0.4) is 0 Å². The van der Waals surface area contributed by atoms with E-state index >= 15 is 0 Å². The van der Waals surface area contributed by atoms with E-state index in [4.69, 9.17) is 16.3 Å². The highest BCUT2D eigenvalue weighted by Gasteiger charge is 2.20. The van der Waals surface area contributed by atoms with E-state index in [1.165, 1.54) is 13.3 Å². The molecule has 1 aromatic heterocycles. The van der Waals surface area contributed by atoms with E-state index in [1.54, 1.807) is 10.6 Å². The van der Waals surface area contributed by atoms with Crippen LogP contribution in [0.5, 0.6) is 0 Å². The molecule has 0 bridgehead atoms. The first-order chi connectivity index (χ1) is 14.7. The Labute approximate surface area is 185 Å². The zero-order valence-electron chi connectivity index (χ0n) is 16.4. The van der Waals surface area contributed by atoms with Crippen LogP contribution in [0.25, 0.3) is 5.69 Å². The van der Waals surface area contributed by atoms with Gasteiger partial charge in [-0.1, -0.05) is 29.4 Å². The zero-order valence-corrected chi connectivity index (χ0v) is 18.0. The molecular weight excluding hydrogens is 450 g/mol. The van der Waals surface area contributed by atoms with Crippen molar-refractivity contribution in [2.45, 2.75) is 25.1 Å². The minimum Gasteiger partial charge on any atom is -0.452 e. The maximum absolute atomic E-state index is 13.6. The Bertz CT molecular complexity index is 1130. The molecule has 1 N–H and O–H groups in total. The predicted molar refractivity (Wildman–Crippen MR) is 112 cm³/mol. The smallest absolute Gasteiger partial charge is 0.317 e. The van der Waals surface area contributed by atoms with E-state index in [-0.39, 0.29) is 11.4 Å². The van der Waals surface area contributed by atoms with Crippen LogP contribution in [0.2, 0.25) is 5.02 Å². The molecule has 1 amide bonds. The fourth-order valence-corrected chi connectivity index (χ4v) is 3.35. The molecule has 3 aromatic rings. The Morgan fingerprint density at radius 1 is 1.26 bits per heavy atom. The average Bonchev–Trinajstić information content (AvgIpc) is 3.19. The van der Waals surface area contributed by atoms with Crippen molar-refractivity contribution < 1.29 is 23.1 Å². The number of nitrogens with zero attached hydrogens (tertiary/aromatic N) is 3. The summed E-state index contributed by atoms with van der Waals surface area (Å²) in [6.45, 7) is 3.20. The van der Waals surface area contributed by atoms with Crippen molar-refractivity contribution in [3.63, 3.8) is 0 Å². The number of nitrogens with one attached hydrogen (secondary N) is 1. The van der Waals surface area contributed by atoms with Crippen molar-refractivity contribution in [2.24, 2.45) is 0 Å². The molecular formula is C20H17ClF2N4O3S. The van der Waals surface area contributed by atoms with Gasteiger partial charge in [0.1, 0.15) is 18.0 Å². The number of hydrogen-bond donors (Lipinski definition) is 1. The molecule has 2 aromatic carbocycles. The summed E-state index contributed by atoms with van der Waals surface area (Å²) in [7, 11) is 0. The van der Waals surface area contributed by atoms with Crippen molar-refractivity contribution in [2.75, 3.05) is 11.1 Å². The van der Waals surface area contributed by atoms with Gasteiger partial charge in [0.05, 0.1) is 17.1 Å². The van der Waals surface area contributed by atoms with Crippen molar-refractivity contribution in [1.82, 2.24) is 14.8 Å². The number of amides is 1. The number of aromatic nitrogens is 3. The van der Waals surface area contributed by atoms with Crippen LogP contribution in [0.1, 0.15) is 12.5 Å². The number of hydrogen-bond acceptors (Lipinski definition) is 6. The first-order valence-corrected chi connectivity index (χ1v) is 10.4. The highest BCUT2D eigenvalue weighted by Crippen LogP contribution is 2.24. The highest BCUT2D eigenvalue weighted by atomic mass is 35.5. The van der Waals surface area contributed by atoms with E-state index in [2.05, 4.69) is 15.5 Å². The average molecular weight is 467 g/mol. The van der Waals surface area contributed by atoms with E-state index in [9.17, 15) is 18.4 Å². The van der Waals surface area contributed by atoms with Gasteiger partial charge in [-0.25, -0.2) is 8.78 Å². The van der Waals surface area contributed by atoms with Crippen LogP contribution in [0.15, 0.2) is 47.9 Å². The molecule has 1 unspecified atom stereocenters. The Balaban J connectivity index is 1.57. The molecule has 0 saturated carbocycles. The minimum atomic E-state index is -1.22. The summed E-state index contributed by atoms with van der Waals surface area (Å²) >= 11 is 7.22. The molecule has 31 heavy (non-hydrogen) atoms. The maximum Gasteiger partial charge on any atom is 0.317 e. The molecule has 162 valence electrons. The Morgan fingerprint density at radius 2 is 2.03 bits per heavy atom. The number of carbonyl (C=O) groups is 2. The van der Waals surface area contributed by atoms with Gasteiger partial charge in [-0.05, 0) is 43.7 Å². The monoisotopic (exact) mass is 466 g/mol. The second-order valence-corrected chi connectivity index (χ2v) is 7.80. The van der Waals surface area contributed by atoms with Crippen LogP contribution in [-0.2, 0) is 14.3 Å². The fourth-order valence-electron chi connectivity index (χ4n) is 2.47. The fraction of sp³-hybridized carbons (Fsp3) is 0.200. The van der Waals surface area contributed by atoms with E-state index < -0.39 is 29.6 Å². The summed E-state index contributed by atoms with van der Waals surface area (Å²) in [5.74, 6) is -3.15.